The SMILES string of the molecule is CC1CC(N(C(=O)c2cccs2)c2ccn(-c3ccccc3)n2)CC(C)N1Cc1ccccc1. The van der Waals surface area contributed by atoms with Gasteiger partial charge in [0.2, 0.25) is 0 Å². The fraction of sp³-hybridized carbons (Fsp3) is 0.286. The summed E-state index contributed by atoms with van der Waals surface area (Å²) in [5, 5.41) is 6.80. The normalized spacial score (nSPS) is 20.8. The molecular weight excluding hydrogens is 440 g/mol. The summed E-state index contributed by atoms with van der Waals surface area (Å²) in [6, 6.07) is 27.3. The van der Waals surface area contributed by atoms with E-state index in [1.807, 2.05) is 69.7 Å². The monoisotopic (exact) mass is 470 g/mol. The van der Waals surface area contributed by atoms with E-state index in [0.29, 0.717) is 17.9 Å². The number of rotatable bonds is 6. The number of hydrogen-bond acceptors (Lipinski definition) is 4. The van der Waals surface area contributed by atoms with Crippen LogP contribution >= 0.6 is 11.3 Å². The van der Waals surface area contributed by atoms with E-state index in [1.54, 1.807) is 0 Å². The Kier molecular flexibility index (Phi) is 6.61. The molecule has 4 aromatic rings. The highest BCUT2D eigenvalue weighted by Gasteiger charge is 2.37. The van der Waals surface area contributed by atoms with Crippen LogP contribution in [0.25, 0.3) is 5.69 Å². The number of thiophene rings is 1. The van der Waals surface area contributed by atoms with E-state index in [0.717, 1.165) is 30.0 Å². The van der Waals surface area contributed by atoms with E-state index in [9.17, 15) is 4.79 Å². The fourth-order valence-corrected chi connectivity index (χ4v) is 5.71. The lowest BCUT2D eigenvalue weighted by Gasteiger charge is -2.45. The van der Waals surface area contributed by atoms with Gasteiger partial charge < -0.3 is 0 Å². The smallest absolute Gasteiger partial charge is 0.269 e. The molecule has 0 bridgehead atoms. The van der Waals surface area contributed by atoms with Gasteiger partial charge in [0.05, 0.1) is 10.6 Å². The zero-order valence-electron chi connectivity index (χ0n) is 19.6. The second-order valence-electron chi connectivity index (χ2n) is 9.09. The average Bonchev–Trinajstić information content (AvgIpc) is 3.56. The molecule has 0 spiro atoms. The van der Waals surface area contributed by atoms with Gasteiger partial charge in [-0.05, 0) is 55.8 Å². The van der Waals surface area contributed by atoms with E-state index in [2.05, 4.69) is 49.1 Å². The molecule has 5 rings (SSSR count). The first-order chi connectivity index (χ1) is 16.6. The first kappa shape index (κ1) is 22.6. The van der Waals surface area contributed by atoms with Crippen LogP contribution in [-0.4, -0.2) is 38.7 Å². The number of hydrogen-bond donors (Lipinski definition) is 0. The molecule has 5 nitrogen and oxygen atoms in total. The van der Waals surface area contributed by atoms with E-state index < -0.39 is 0 Å². The van der Waals surface area contributed by atoms with Gasteiger partial charge in [-0.25, -0.2) is 4.68 Å². The molecule has 2 unspecified atom stereocenters. The summed E-state index contributed by atoms with van der Waals surface area (Å²) in [6.07, 6.45) is 3.76. The van der Waals surface area contributed by atoms with Gasteiger partial charge in [-0.15, -0.1) is 16.4 Å². The highest BCUT2D eigenvalue weighted by molar-refractivity contribution is 7.12. The molecule has 174 valence electrons. The van der Waals surface area contributed by atoms with Crippen molar-refractivity contribution in [2.24, 2.45) is 0 Å². The number of piperidine rings is 1. The molecule has 1 amide bonds. The maximum Gasteiger partial charge on any atom is 0.269 e. The van der Waals surface area contributed by atoms with Gasteiger partial charge in [0.15, 0.2) is 5.82 Å². The number of anilines is 1. The minimum Gasteiger partial charge on any atom is -0.294 e. The van der Waals surface area contributed by atoms with Crippen molar-refractivity contribution in [2.75, 3.05) is 4.90 Å². The molecule has 34 heavy (non-hydrogen) atoms. The van der Waals surface area contributed by atoms with Crippen molar-refractivity contribution in [1.82, 2.24) is 14.7 Å². The van der Waals surface area contributed by atoms with Crippen LogP contribution in [0.5, 0.6) is 0 Å². The predicted molar refractivity (Wildman–Crippen MR) is 139 cm³/mol. The second-order valence-corrected chi connectivity index (χ2v) is 10.0. The van der Waals surface area contributed by atoms with Crippen molar-refractivity contribution in [3.63, 3.8) is 0 Å². The molecule has 0 radical (unpaired) electrons. The van der Waals surface area contributed by atoms with E-state index in [-0.39, 0.29) is 11.9 Å². The topological polar surface area (TPSA) is 41.4 Å². The van der Waals surface area contributed by atoms with Crippen molar-refractivity contribution in [1.29, 1.82) is 0 Å². The van der Waals surface area contributed by atoms with Gasteiger partial charge in [0, 0.05) is 36.9 Å². The van der Waals surface area contributed by atoms with E-state index >= 15 is 0 Å². The maximum absolute atomic E-state index is 13.7. The van der Waals surface area contributed by atoms with Crippen LogP contribution in [0.2, 0.25) is 0 Å². The van der Waals surface area contributed by atoms with Gasteiger partial charge in [0.1, 0.15) is 0 Å². The lowest BCUT2D eigenvalue weighted by atomic mass is 9.90. The van der Waals surface area contributed by atoms with Crippen LogP contribution in [0.4, 0.5) is 5.82 Å². The minimum atomic E-state index is 0.0363. The van der Waals surface area contributed by atoms with Gasteiger partial charge >= 0.3 is 0 Å². The van der Waals surface area contributed by atoms with Crippen LogP contribution in [0.15, 0.2) is 90.4 Å². The van der Waals surface area contributed by atoms with Gasteiger partial charge in [-0.3, -0.25) is 14.6 Å². The quantitative estimate of drug-likeness (QED) is 0.346. The Morgan fingerprint density at radius 1 is 0.941 bits per heavy atom. The molecular formula is C28H30N4OS. The van der Waals surface area contributed by atoms with Gasteiger partial charge in [-0.2, -0.15) is 0 Å². The molecule has 0 aliphatic carbocycles. The fourth-order valence-electron chi connectivity index (χ4n) is 5.05. The third kappa shape index (κ3) is 4.69. The average molecular weight is 471 g/mol. The molecule has 1 aliphatic rings. The molecule has 2 aromatic carbocycles. The Morgan fingerprint density at radius 2 is 1.62 bits per heavy atom. The molecule has 6 heteroatoms. The Balaban J connectivity index is 1.42. The highest BCUT2D eigenvalue weighted by atomic mass is 32.1. The zero-order valence-corrected chi connectivity index (χ0v) is 20.4. The largest absolute Gasteiger partial charge is 0.294 e. The summed E-state index contributed by atoms with van der Waals surface area (Å²) in [5.74, 6) is 0.748. The summed E-state index contributed by atoms with van der Waals surface area (Å²) < 4.78 is 1.85. The third-order valence-electron chi connectivity index (χ3n) is 6.73. The zero-order chi connectivity index (χ0) is 23.5. The van der Waals surface area contributed by atoms with E-state index in [1.165, 1.54) is 16.9 Å². The van der Waals surface area contributed by atoms with Gasteiger partial charge in [0.25, 0.3) is 5.91 Å². The third-order valence-corrected chi connectivity index (χ3v) is 7.58. The van der Waals surface area contributed by atoms with Crippen molar-refractivity contribution in [3.05, 3.63) is 101 Å². The molecule has 2 atom stereocenters. The molecule has 0 N–H and O–H groups in total. The summed E-state index contributed by atoms with van der Waals surface area (Å²) >= 11 is 1.49. The number of carbonyl (C=O) groups is 1. The number of aromatic nitrogens is 2. The van der Waals surface area contributed by atoms with Crippen LogP contribution in [0.1, 0.15) is 41.9 Å². The Hall–Kier alpha value is -3.22. The van der Waals surface area contributed by atoms with Crippen LogP contribution in [0.3, 0.4) is 0 Å². The molecule has 1 fully saturated rings. The molecule has 1 aliphatic heterocycles. The van der Waals surface area contributed by atoms with Crippen molar-refractivity contribution < 1.29 is 4.79 Å². The number of nitrogens with zero attached hydrogens (tertiary/aromatic N) is 4. The second kappa shape index (κ2) is 9.95. The molecule has 2 aromatic heterocycles. The van der Waals surface area contributed by atoms with Crippen molar-refractivity contribution >= 4 is 23.1 Å². The number of carbonyl (C=O) groups excluding carboxylic acids is 1. The summed E-state index contributed by atoms with van der Waals surface area (Å²) in [4.78, 5) is 19.0. The summed E-state index contributed by atoms with van der Waals surface area (Å²) in [7, 11) is 0. The summed E-state index contributed by atoms with van der Waals surface area (Å²) in [5.41, 5.74) is 2.31. The van der Waals surface area contributed by atoms with Crippen molar-refractivity contribution in [2.45, 2.75) is 51.4 Å². The highest BCUT2D eigenvalue weighted by Crippen LogP contribution is 2.32. The summed E-state index contributed by atoms with van der Waals surface area (Å²) in [6.45, 7) is 5.49. The van der Waals surface area contributed by atoms with Crippen molar-refractivity contribution in [3.8, 4) is 5.69 Å². The van der Waals surface area contributed by atoms with Crippen LogP contribution < -0.4 is 4.90 Å². The lowest BCUT2D eigenvalue weighted by Crippen LogP contribution is -2.54. The molecule has 3 heterocycles. The first-order valence-corrected chi connectivity index (χ1v) is 12.8. The Morgan fingerprint density at radius 3 is 2.26 bits per heavy atom. The van der Waals surface area contributed by atoms with E-state index in [4.69, 9.17) is 5.10 Å². The number of amides is 1. The Labute approximate surface area is 205 Å². The standard InChI is InChI=1S/C28H30N4OS/c1-21-18-25(19-22(2)30(21)20-23-10-5-3-6-11-23)32(28(33)26-14-9-17-34-26)27-15-16-31(29-27)24-12-7-4-8-13-24/h3-17,21-22,25H,18-20H2,1-2H3. The predicted octanol–water partition coefficient (Wildman–Crippen LogP) is 6.02. The molecule has 1 saturated heterocycles. The van der Waals surface area contributed by atoms with Gasteiger partial charge in [-0.1, -0.05) is 54.6 Å². The Bertz CT molecular complexity index is 1190. The van der Waals surface area contributed by atoms with Crippen LogP contribution in [-0.2, 0) is 6.54 Å². The number of para-hydroxylation sites is 1. The first-order valence-electron chi connectivity index (χ1n) is 11.9. The minimum absolute atomic E-state index is 0.0363. The number of benzene rings is 2. The van der Waals surface area contributed by atoms with Crippen LogP contribution in [0, 0.1) is 0 Å². The lowest BCUT2D eigenvalue weighted by molar-refractivity contribution is 0.0750. The number of likely N-dealkylation sites (tertiary alicyclic amines) is 1. The maximum atomic E-state index is 13.7. The molecule has 0 saturated carbocycles.